The van der Waals surface area contributed by atoms with E-state index >= 15 is 0 Å². The smallest absolute Gasteiger partial charge is 0.317 e. The van der Waals surface area contributed by atoms with E-state index in [1.807, 2.05) is 4.90 Å². The number of amides is 2. The van der Waals surface area contributed by atoms with Crippen LogP contribution in [0.3, 0.4) is 0 Å². The number of aliphatic hydroxyl groups is 1. The number of piperidine rings is 1. The zero-order chi connectivity index (χ0) is 12.7. The van der Waals surface area contributed by atoms with Crippen LogP contribution >= 0.6 is 0 Å². The predicted octanol–water partition coefficient (Wildman–Crippen LogP) is 0.968. The Labute approximate surface area is 103 Å². The molecule has 1 rings (SSSR count). The molecule has 0 aliphatic carbocycles. The zero-order valence-electron chi connectivity index (χ0n) is 10.8. The molecule has 5 nitrogen and oxygen atoms in total. The van der Waals surface area contributed by atoms with Crippen LogP contribution in [0.5, 0.6) is 0 Å². The van der Waals surface area contributed by atoms with Gasteiger partial charge in [-0.25, -0.2) is 4.79 Å². The first-order valence-corrected chi connectivity index (χ1v) is 6.41. The van der Waals surface area contributed by atoms with Crippen molar-refractivity contribution in [2.24, 2.45) is 0 Å². The molecular formula is C12H24N2O3. The van der Waals surface area contributed by atoms with Gasteiger partial charge in [-0.1, -0.05) is 0 Å². The van der Waals surface area contributed by atoms with Gasteiger partial charge in [0.05, 0.1) is 19.8 Å². The Hall–Kier alpha value is -0.810. The molecule has 100 valence electrons. The van der Waals surface area contributed by atoms with Crippen LogP contribution in [0.15, 0.2) is 0 Å². The number of hydrogen-bond acceptors (Lipinski definition) is 3. The summed E-state index contributed by atoms with van der Waals surface area (Å²) in [7, 11) is 0. The minimum Gasteiger partial charge on any atom is -0.394 e. The third kappa shape index (κ3) is 4.52. The van der Waals surface area contributed by atoms with Gasteiger partial charge in [0.15, 0.2) is 0 Å². The molecule has 0 radical (unpaired) electrons. The summed E-state index contributed by atoms with van der Waals surface area (Å²) in [5, 5.41) is 11.4. The zero-order valence-corrected chi connectivity index (χ0v) is 10.8. The molecule has 2 atom stereocenters. The SMILES string of the molecule is CC1CCCC(C)N1C(=O)NCCOCCO. The lowest BCUT2D eigenvalue weighted by Crippen LogP contribution is -2.52. The predicted molar refractivity (Wildman–Crippen MR) is 65.9 cm³/mol. The van der Waals surface area contributed by atoms with Crippen LogP contribution in [0.1, 0.15) is 33.1 Å². The summed E-state index contributed by atoms with van der Waals surface area (Å²) >= 11 is 0. The number of likely N-dealkylation sites (tertiary alicyclic amines) is 1. The van der Waals surface area contributed by atoms with E-state index < -0.39 is 0 Å². The van der Waals surface area contributed by atoms with Gasteiger partial charge in [0.25, 0.3) is 0 Å². The molecule has 0 aromatic carbocycles. The maximum absolute atomic E-state index is 12.0. The Morgan fingerprint density at radius 2 is 2.00 bits per heavy atom. The van der Waals surface area contributed by atoms with E-state index in [4.69, 9.17) is 9.84 Å². The molecule has 0 aromatic rings. The van der Waals surface area contributed by atoms with Gasteiger partial charge in [-0.2, -0.15) is 0 Å². The number of hydrogen-bond donors (Lipinski definition) is 2. The molecule has 1 aliphatic heterocycles. The van der Waals surface area contributed by atoms with Crippen molar-refractivity contribution in [3.63, 3.8) is 0 Å². The molecular weight excluding hydrogens is 220 g/mol. The number of rotatable bonds is 5. The quantitative estimate of drug-likeness (QED) is 0.708. The van der Waals surface area contributed by atoms with Crippen molar-refractivity contribution in [2.75, 3.05) is 26.4 Å². The number of aliphatic hydroxyl groups excluding tert-OH is 1. The van der Waals surface area contributed by atoms with Gasteiger partial charge in [0.2, 0.25) is 0 Å². The lowest BCUT2D eigenvalue weighted by molar-refractivity contribution is 0.0896. The topological polar surface area (TPSA) is 61.8 Å². The molecule has 0 spiro atoms. The Balaban J connectivity index is 2.25. The molecule has 2 amide bonds. The highest BCUT2D eigenvalue weighted by atomic mass is 16.5. The van der Waals surface area contributed by atoms with Crippen LogP contribution < -0.4 is 5.32 Å². The van der Waals surface area contributed by atoms with E-state index in [9.17, 15) is 4.79 Å². The minimum absolute atomic E-state index is 0.00250. The summed E-state index contributed by atoms with van der Waals surface area (Å²) in [6, 6.07) is 0.631. The summed E-state index contributed by atoms with van der Waals surface area (Å²) in [5.74, 6) is 0. The number of nitrogens with zero attached hydrogens (tertiary/aromatic N) is 1. The standard InChI is InChI=1S/C12H24N2O3/c1-10-4-3-5-11(2)14(10)12(16)13-6-8-17-9-7-15/h10-11,15H,3-9H2,1-2H3,(H,13,16). The lowest BCUT2D eigenvalue weighted by atomic mass is 9.98. The largest absolute Gasteiger partial charge is 0.394 e. The van der Waals surface area contributed by atoms with Crippen molar-refractivity contribution in [1.29, 1.82) is 0 Å². The molecule has 2 unspecified atom stereocenters. The van der Waals surface area contributed by atoms with Crippen LogP contribution in [0.25, 0.3) is 0 Å². The van der Waals surface area contributed by atoms with E-state index in [1.54, 1.807) is 0 Å². The summed E-state index contributed by atoms with van der Waals surface area (Å²) in [6.07, 6.45) is 3.36. The second-order valence-corrected chi connectivity index (χ2v) is 4.60. The highest BCUT2D eigenvalue weighted by Crippen LogP contribution is 2.22. The summed E-state index contributed by atoms with van der Waals surface area (Å²) in [4.78, 5) is 13.9. The van der Waals surface area contributed by atoms with E-state index in [-0.39, 0.29) is 12.6 Å². The maximum Gasteiger partial charge on any atom is 0.317 e. The van der Waals surface area contributed by atoms with Crippen molar-refractivity contribution in [3.05, 3.63) is 0 Å². The number of carbonyl (C=O) groups is 1. The van der Waals surface area contributed by atoms with Crippen LogP contribution in [-0.2, 0) is 4.74 Å². The van der Waals surface area contributed by atoms with Gasteiger partial charge in [0.1, 0.15) is 0 Å². The Morgan fingerprint density at radius 1 is 1.35 bits per heavy atom. The number of nitrogens with one attached hydrogen (secondary N) is 1. The molecule has 1 fully saturated rings. The van der Waals surface area contributed by atoms with Gasteiger partial charge in [0, 0.05) is 18.6 Å². The van der Waals surface area contributed by atoms with E-state index in [0.29, 0.717) is 31.8 Å². The monoisotopic (exact) mass is 244 g/mol. The fraction of sp³-hybridized carbons (Fsp3) is 0.917. The van der Waals surface area contributed by atoms with Crippen LogP contribution in [0.2, 0.25) is 0 Å². The molecule has 0 saturated carbocycles. The van der Waals surface area contributed by atoms with Crippen molar-refractivity contribution in [2.45, 2.75) is 45.2 Å². The molecule has 17 heavy (non-hydrogen) atoms. The number of ether oxygens (including phenoxy) is 1. The van der Waals surface area contributed by atoms with Gasteiger partial charge in [-0.15, -0.1) is 0 Å². The molecule has 0 bridgehead atoms. The average molecular weight is 244 g/mol. The van der Waals surface area contributed by atoms with Gasteiger partial charge in [-0.3, -0.25) is 0 Å². The Morgan fingerprint density at radius 3 is 2.59 bits per heavy atom. The molecule has 1 saturated heterocycles. The normalized spacial score (nSPS) is 24.8. The molecule has 1 heterocycles. The maximum atomic E-state index is 12.0. The first kappa shape index (κ1) is 14.3. The van der Waals surface area contributed by atoms with Gasteiger partial charge < -0.3 is 20.1 Å². The van der Waals surface area contributed by atoms with E-state index in [2.05, 4.69) is 19.2 Å². The molecule has 2 N–H and O–H groups in total. The third-order valence-electron chi connectivity index (χ3n) is 3.19. The molecule has 1 aliphatic rings. The summed E-state index contributed by atoms with van der Waals surface area (Å²) in [5.41, 5.74) is 0. The van der Waals surface area contributed by atoms with Gasteiger partial charge in [-0.05, 0) is 33.1 Å². The molecule has 0 aromatic heterocycles. The van der Waals surface area contributed by atoms with E-state index in [0.717, 1.165) is 12.8 Å². The van der Waals surface area contributed by atoms with Crippen molar-refractivity contribution in [3.8, 4) is 0 Å². The molecule has 5 heteroatoms. The Kier molecular flexibility index (Phi) is 6.29. The fourth-order valence-corrected chi connectivity index (χ4v) is 2.31. The van der Waals surface area contributed by atoms with Crippen molar-refractivity contribution in [1.82, 2.24) is 10.2 Å². The van der Waals surface area contributed by atoms with Gasteiger partial charge >= 0.3 is 6.03 Å². The van der Waals surface area contributed by atoms with Crippen molar-refractivity contribution < 1.29 is 14.6 Å². The summed E-state index contributed by atoms with van der Waals surface area (Å²) < 4.78 is 5.09. The minimum atomic E-state index is -0.00250. The highest BCUT2D eigenvalue weighted by Gasteiger charge is 2.28. The second kappa shape index (κ2) is 7.50. The average Bonchev–Trinajstić information content (AvgIpc) is 2.28. The highest BCUT2D eigenvalue weighted by molar-refractivity contribution is 5.74. The van der Waals surface area contributed by atoms with Crippen LogP contribution in [0, 0.1) is 0 Å². The van der Waals surface area contributed by atoms with Crippen LogP contribution in [0.4, 0.5) is 4.79 Å². The summed E-state index contributed by atoms with van der Waals surface area (Å²) in [6.45, 7) is 5.48. The number of urea groups is 1. The Bertz CT molecular complexity index is 226. The van der Waals surface area contributed by atoms with Crippen LogP contribution in [-0.4, -0.2) is 54.5 Å². The third-order valence-corrected chi connectivity index (χ3v) is 3.19. The first-order valence-electron chi connectivity index (χ1n) is 6.41. The van der Waals surface area contributed by atoms with E-state index in [1.165, 1.54) is 6.42 Å². The first-order chi connectivity index (χ1) is 8.16. The lowest BCUT2D eigenvalue weighted by Gasteiger charge is -2.38. The second-order valence-electron chi connectivity index (χ2n) is 4.60. The number of carbonyl (C=O) groups excluding carboxylic acids is 1. The van der Waals surface area contributed by atoms with Crippen molar-refractivity contribution >= 4 is 6.03 Å². The fourth-order valence-electron chi connectivity index (χ4n) is 2.31.